The number of rotatable bonds is 4. The van der Waals surface area contributed by atoms with E-state index in [9.17, 15) is 4.79 Å². The maximum absolute atomic E-state index is 10.9. The number of likely N-dealkylation sites (tertiary alicyclic amines) is 1. The van der Waals surface area contributed by atoms with E-state index in [0.717, 1.165) is 25.2 Å². The zero-order valence-corrected chi connectivity index (χ0v) is 10.1. The lowest BCUT2D eigenvalue weighted by atomic mass is 9.98. The molecule has 1 aromatic carbocycles. The third-order valence-electron chi connectivity index (χ3n) is 3.30. The lowest BCUT2D eigenvalue weighted by Gasteiger charge is -2.14. The summed E-state index contributed by atoms with van der Waals surface area (Å²) in [6.07, 6.45) is 1.10. The molecule has 17 heavy (non-hydrogen) atoms. The first-order chi connectivity index (χ1) is 8.19. The van der Waals surface area contributed by atoms with Gasteiger partial charge < -0.3 is 11.1 Å². The Labute approximate surface area is 102 Å². The number of nitrogens with two attached hydrogens (primary N) is 1. The molecule has 0 radical (unpaired) electrons. The molecular formula is C13H19N3O. The van der Waals surface area contributed by atoms with E-state index in [2.05, 4.69) is 34.5 Å². The maximum atomic E-state index is 10.9. The molecule has 0 aliphatic carbocycles. The van der Waals surface area contributed by atoms with Crippen LogP contribution in [0.1, 0.15) is 17.9 Å². The average Bonchev–Trinajstić information content (AvgIpc) is 2.77. The maximum Gasteiger partial charge on any atom is 0.231 e. The Morgan fingerprint density at radius 2 is 2.41 bits per heavy atom. The molecule has 1 heterocycles. The van der Waals surface area contributed by atoms with Crippen LogP contribution in [0.25, 0.3) is 0 Å². The van der Waals surface area contributed by atoms with E-state index in [4.69, 9.17) is 5.73 Å². The molecule has 0 spiro atoms. The second kappa shape index (κ2) is 5.19. The van der Waals surface area contributed by atoms with Gasteiger partial charge in [-0.2, -0.15) is 0 Å². The molecule has 1 aliphatic heterocycles. The minimum Gasteiger partial charge on any atom is -0.388 e. The highest BCUT2D eigenvalue weighted by atomic mass is 16.1. The van der Waals surface area contributed by atoms with Crippen LogP contribution in [-0.2, 0) is 4.79 Å². The molecule has 1 amide bonds. The smallest absolute Gasteiger partial charge is 0.231 e. The van der Waals surface area contributed by atoms with Crippen LogP contribution in [-0.4, -0.2) is 37.5 Å². The van der Waals surface area contributed by atoms with Gasteiger partial charge in [-0.15, -0.1) is 0 Å². The van der Waals surface area contributed by atoms with Crippen molar-refractivity contribution >= 4 is 11.6 Å². The van der Waals surface area contributed by atoms with Gasteiger partial charge in [0.2, 0.25) is 5.91 Å². The minimum atomic E-state index is -0.241. The molecule has 2 rings (SSSR count). The number of anilines is 1. The number of carbonyl (C=O) groups excluding carboxylic acids is 1. The van der Waals surface area contributed by atoms with Crippen molar-refractivity contribution in [2.45, 2.75) is 12.3 Å². The summed E-state index contributed by atoms with van der Waals surface area (Å²) in [6.45, 7) is 2.26. The Morgan fingerprint density at radius 1 is 1.59 bits per heavy atom. The first-order valence-corrected chi connectivity index (χ1v) is 5.97. The van der Waals surface area contributed by atoms with Crippen LogP contribution in [0.15, 0.2) is 24.3 Å². The fraction of sp³-hybridized carbons (Fsp3) is 0.462. The number of hydrogen-bond donors (Lipinski definition) is 2. The standard InChI is InChI=1S/C13H19N3O/c1-15-12-4-2-3-10(7-12)11-5-6-16(8-11)9-13(14)17/h2-4,7,11,15H,5-6,8-9H2,1H3,(H2,14,17). The summed E-state index contributed by atoms with van der Waals surface area (Å²) in [5.74, 6) is 0.275. The molecule has 1 aliphatic rings. The number of nitrogens with one attached hydrogen (secondary N) is 1. The predicted molar refractivity (Wildman–Crippen MR) is 69.0 cm³/mol. The van der Waals surface area contributed by atoms with E-state index in [1.807, 2.05) is 7.05 Å². The molecule has 1 unspecified atom stereocenters. The van der Waals surface area contributed by atoms with E-state index >= 15 is 0 Å². The molecule has 1 atom stereocenters. The lowest BCUT2D eigenvalue weighted by Crippen LogP contribution is -2.31. The third kappa shape index (κ3) is 2.97. The van der Waals surface area contributed by atoms with Crippen molar-refractivity contribution in [1.82, 2.24) is 4.90 Å². The molecule has 1 fully saturated rings. The normalized spacial score (nSPS) is 20.4. The van der Waals surface area contributed by atoms with Crippen molar-refractivity contribution in [3.8, 4) is 0 Å². The molecule has 0 bridgehead atoms. The fourth-order valence-electron chi connectivity index (χ4n) is 2.42. The Bertz CT molecular complexity index is 405. The molecule has 1 aromatic rings. The molecule has 92 valence electrons. The highest BCUT2D eigenvalue weighted by molar-refractivity contribution is 5.76. The molecular weight excluding hydrogens is 214 g/mol. The highest BCUT2D eigenvalue weighted by Gasteiger charge is 2.24. The predicted octanol–water partition coefficient (Wildman–Crippen LogP) is 1.00. The van der Waals surface area contributed by atoms with Crippen LogP contribution in [0, 0.1) is 0 Å². The first-order valence-electron chi connectivity index (χ1n) is 5.97. The van der Waals surface area contributed by atoms with Crippen molar-refractivity contribution < 1.29 is 4.79 Å². The number of benzene rings is 1. The van der Waals surface area contributed by atoms with E-state index in [1.54, 1.807) is 0 Å². The van der Waals surface area contributed by atoms with Crippen LogP contribution in [0.5, 0.6) is 0 Å². The second-order valence-corrected chi connectivity index (χ2v) is 4.56. The number of primary amides is 1. The first kappa shape index (κ1) is 11.9. The van der Waals surface area contributed by atoms with Gasteiger partial charge in [0.25, 0.3) is 0 Å². The zero-order valence-electron chi connectivity index (χ0n) is 10.1. The summed E-state index contributed by atoms with van der Waals surface area (Å²) in [7, 11) is 1.92. The van der Waals surface area contributed by atoms with Crippen molar-refractivity contribution in [2.75, 3.05) is 32.0 Å². The molecule has 0 saturated carbocycles. The van der Waals surface area contributed by atoms with Gasteiger partial charge in [-0.3, -0.25) is 9.69 Å². The summed E-state index contributed by atoms with van der Waals surface area (Å²) < 4.78 is 0. The summed E-state index contributed by atoms with van der Waals surface area (Å²) in [5.41, 5.74) is 7.68. The average molecular weight is 233 g/mol. The van der Waals surface area contributed by atoms with Crippen molar-refractivity contribution in [1.29, 1.82) is 0 Å². The van der Waals surface area contributed by atoms with Crippen molar-refractivity contribution in [3.63, 3.8) is 0 Å². The van der Waals surface area contributed by atoms with Gasteiger partial charge in [0.05, 0.1) is 6.54 Å². The van der Waals surface area contributed by atoms with E-state index in [0.29, 0.717) is 12.5 Å². The van der Waals surface area contributed by atoms with E-state index in [-0.39, 0.29) is 5.91 Å². The van der Waals surface area contributed by atoms with Crippen LogP contribution in [0.2, 0.25) is 0 Å². The van der Waals surface area contributed by atoms with Gasteiger partial charge in [-0.1, -0.05) is 12.1 Å². The summed E-state index contributed by atoms with van der Waals surface area (Å²) >= 11 is 0. The van der Waals surface area contributed by atoms with Crippen LogP contribution in [0.3, 0.4) is 0 Å². The van der Waals surface area contributed by atoms with Crippen LogP contribution >= 0.6 is 0 Å². The molecule has 4 nitrogen and oxygen atoms in total. The van der Waals surface area contributed by atoms with E-state index in [1.165, 1.54) is 5.56 Å². The molecule has 4 heteroatoms. The van der Waals surface area contributed by atoms with Gasteiger partial charge in [0.15, 0.2) is 0 Å². The Kier molecular flexibility index (Phi) is 3.64. The molecule has 1 saturated heterocycles. The van der Waals surface area contributed by atoms with Gasteiger partial charge in [0.1, 0.15) is 0 Å². The lowest BCUT2D eigenvalue weighted by molar-refractivity contribution is -0.118. The summed E-state index contributed by atoms with van der Waals surface area (Å²) in [6, 6.07) is 8.45. The van der Waals surface area contributed by atoms with Crippen LogP contribution in [0.4, 0.5) is 5.69 Å². The monoisotopic (exact) mass is 233 g/mol. The highest BCUT2D eigenvalue weighted by Crippen LogP contribution is 2.28. The largest absolute Gasteiger partial charge is 0.388 e. The Balaban J connectivity index is 2.01. The van der Waals surface area contributed by atoms with Gasteiger partial charge in [-0.05, 0) is 36.6 Å². The number of amides is 1. The van der Waals surface area contributed by atoms with Gasteiger partial charge in [0, 0.05) is 19.3 Å². The summed E-state index contributed by atoms with van der Waals surface area (Å²) in [5, 5.41) is 3.15. The van der Waals surface area contributed by atoms with Gasteiger partial charge >= 0.3 is 0 Å². The number of carbonyl (C=O) groups is 1. The van der Waals surface area contributed by atoms with Crippen LogP contribution < -0.4 is 11.1 Å². The zero-order chi connectivity index (χ0) is 12.3. The quantitative estimate of drug-likeness (QED) is 0.815. The van der Waals surface area contributed by atoms with Crippen molar-refractivity contribution in [2.24, 2.45) is 5.73 Å². The third-order valence-corrected chi connectivity index (χ3v) is 3.30. The Morgan fingerprint density at radius 3 is 3.12 bits per heavy atom. The number of hydrogen-bond acceptors (Lipinski definition) is 3. The molecule has 3 N–H and O–H groups in total. The minimum absolute atomic E-state index is 0.241. The van der Waals surface area contributed by atoms with Crippen molar-refractivity contribution in [3.05, 3.63) is 29.8 Å². The Hall–Kier alpha value is -1.55. The topological polar surface area (TPSA) is 58.4 Å². The SMILES string of the molecule is CNc1cccc(C2CCN(CC(N)=O)C2)c1. The molecule has 0 aromatic heterocycles. The van der Waals surface area contributed by atoms with Gasteiger partial charge in [-0.25, -0.2) is 0 Å². The summed E-state index contributed by atoms with van der Waals surface area (Å²) in [4.78, 5) is 13.0. The fourth-order valence-corrected chi connectivity index (χ4v) is 2.42. The second-order valence-electron chi connectivity index (χ2n) is 4.56. The number of nitrogens with zero attached hydrogens (tertiary/aromatic N) is 1. The van der Waals surface area contributed by atoms with E-state index < -0.39 is 0 Å².